The van der Waals surface area contributed by atoms with Crippen LogP contribution in [0.2, 0.25) is 0 Å². The number of halogens is 3. The molecular weight excluding hydrogens is 257 g/mol. The molecule has 0 saturated heterocycles. The normalized spacial score (nSPS) is 15.2. The van der Waals surface area contributed by atoms with Crippen LogP contribution < -0.4 is 11.1 Å². The summed E-state index contributed by atoms with van der Waals surface area (Å²) in [5.41, 5.74) is 4.51. The molecule has 0 saturated carbocycles. The number of aliphatic hydroxyl groups is 1. The number of alkyl halides is 3. The number of hydrogen-bond acceptors (Lipinski definition) is 3. The molecule has 6 heteroatoms. The van der Waals surface area contributed by atoms with Gasteiger partial charge in [0, 0.05) is 12.2 Å². The van der Waals surface area contributed by atoms with Crippen molar-refractivity contribution in [2.45, 2.75) is 38.1 Å². The summed E-state index contributed by atoms with van der Waals surface area (Å²) in [7, 11) is 0. The molecule has 1 rings (SSSR count). The van der Waals surface area contributed by atoms with Crippen molar-refractivity contribution in [2.24, 2.45) is 0 Å². The van der Waals surface area contributed by atoms with Crippen LogP contribution in [0.15, 0.2) is 24.3 Å². The highest BCUT2D eigenvalue weighted by atomic mass is 19.4. The van der Waals surface area contributed by atoms with Crippen molar-refractivity contribution in [2.75, 3.05) is 12.3 Å². The Labute approximate surface area is 110 Å². The molecule has 0 amide bonds. The van der Waals surface area contributed by atoms with Gasteiger partial charge in [-0.15, -0.1) is 0 Å². The van der Waals surface area contributed by atoms with Crippen molar-refractivity contribution < 1.29 is 18.3 Å². The van der Waals surface area contributed by atoms with Gasteiger partial charge in [0.25, 0.3) is 0 Å². The number of hydrogen-bond donors (Lipinski definition) is 3. The lowest BCUT2D eigenvalue weighted by atomic mass is 9.96. The molecule has 0 fully saturated rings. The second-order valence-corrected chi connectivity index (χ2v) is 4.51. The van der Waals surface area contributed by atoms with E-state index in [1.165, 1.54) is 6.92 Å². The summed E-state index contributed by atoms with van der Waals surface area (Å²) in [6.45, 7) is 1.77. The Morgan fingerprint density at radius 3 is 2.42 bits per heavy atom. The van der Waals surface area contributed by atoms with Crippen molar-refractivity contribution in [3.05, 3.63) is 29.8 Å². The molecule has 1 unspecified atom stereocenters. The Bertz CT molecular complexity index is 409. The van der Waals surface area contributed by atoms with E-state index in [-0.39, 0.29) is 19.4 Å². The zero-order valence-corrected chi connectivity index (χ0v) is 10.8. The van der Waals surface area contributed by atoms with Crippen LogP contribution in [0.4, 0.5) is 18.9 Å². The van der Waals surface area contributed by atoms with E-state index in [0.29, 0.717) is 12.2 Å². The summed E-state index contributed by atoms with van der Waals surface area (Å²) >= 11 is 0. The number of nitrogen functional groups attached to an aromatic ring is 1. The van der Waals surface area contributed by atoms with E-state index in [9.17, 15) is 18.3 Å². The van der Waals surface area contributed by atoms with E-state index >= 15 is 0 Å². The Morgan fingerprint density at radius 1 is 1.26 bits per heavy atom. The topological polar surface area (TPSA) is 58.3 Å². The van der Waals surface area contributed by atoms with E-state index in [1.54, 1.807) is 18.2 Å². The molecule has 0 heterocycles. The smallest absolute Gasteiger partial charge is 0.398 e. The van der Waals surface area contributed by atoms with Gasteiger partial charge in [-0.25, -0.2) is 0 Å². The van der Waals surface area contributed by atoms with Gasteiger partial charge in [0.2, 0.25) is 0 Å². The van der Waals surface area contributed by atoms with E-state index in [1.807, 2.05) is 6.07 Å². The Kier molecular flexibility index (Phi) is 5.20. The van der Waals surface area contributed by atoms with Gasteiger partial charge in [0.05, 0.1) is 0 Å². The van der Waals surface area contributed by atoms with Gasteiger partial charge in [-0.3, -0.25) is 0 Å². The molecule has 0 aliphatic carbocycles. The van der Waals surface area contributed by atoms with Gasteiger partial charge in [-0.05, 0) is 31.0 Å². The number of para-hydroxylation sites is 1. The fourth-order valence-electron chi connectivity index (χ4n) is 1.73. The minimum Gasteiger partial charge on any atom is -0.398 e. The summed E-state index contributed by atoms with van der Waals surface area (Å²) in [6.07, 6.45) is -5.33. The van der Waals surface area contributed by atoms with Crippen molar-refractivity contribution >= 4 is 5.69 Å². The van der Waals surface area contributed by atoms with Gasteiger partial charge >= 0.3 is 6.18 Å². The van der Waals surface area contributed by atoms with E-state index in [4.69, 9.17) is 5.73 Å². The highest BCUT2D eigenvalue weighted by Gasteiger charge is 2.51. The maximum Gasteiger partial charge on any atom is 0.417 e. The predicted molar refractivity (Wildman–Crippen MR) is 68.5 cm³/mol. The van der Waals surface area contributed by atoms with E-state index in [2.05, 4.69) is 5.32 Å². The zero-order chi connectivity index (χ0) is 14.5. The SMILES string of the molecule is CCC(O)(CCNCc1ccccc1N)C(F)(F)F. The predicted octanol–water partition coefficient (Wildman–Crippen LogP) is 2.45. The maximum absolute atomic E-state index is 12.6. The highest BCUT2D eigenvalue weighted by Crippen LogP contribution is 2.35. The van der Waals surface area contributed by atoms with Crippen molar-refractivity contribution in [3.63, 3.8) is 0 Å². The molecule has 0 bridgehead atoms. The lowest BCUT2D eigenvalue weighted by molar-refractivity contribution is -0.263. The molecule has 19 heavy (non-hydrogen) atoms. The Morgan fingerprint density at radius 2 is 1.89 bits per heavy atom. The second-order valence-electron chi connectivity index (χ2n) is 4.51. The third kappa shape index (κ3) is 4.11. The maximum atomic E-state index is 12.6. The van der Waals surface area contributed by atoms with E-state index in [0.717, 1.165) is 5.56 Å². The summed E-state index contributed by atoms with van der Waals surface area (Å²) in [5, 5.41) is 12.4. The summed E-state index contributed by atoms with van der Waals surface area (Å²) in [4.78, 5) is 0. The average Bonchev–Trinajstić information content (AvgIpc) is 2.35. The zero-order valence-electron chi connectivity index (χ0n) is 10.8. The highest BCUT2D eigenvalue weighted by molar-refractivity contribution is 5.46. The van der Waals surface area contributed by atoms with Crippen LogP contribution >= 0.6 is 0 Å². The fraction of sp³-hybridized carbons (Fsp3) is 0.538. The summed E-state index contributed by atoms with van der Waals surface area (Å²) < 4.78 is 37.9. The molecule has 1 aromatic rings. The summed E-state index contributed by atoms with van der Waals surface area (Å²) in [5.74, 6) is 0. The average molecular weight is 276 g/mol. The fourth-order valence-corrected chi connectivity index (χ4v) is 1.73. The van der Waals surface area contributed by atoms with Crippen LogP contribution in [0.25, 0.3) is 0 Å². The third-order valence-corrected chi connectivity index (χ3v) is 3.20. The van der Waals surface area contributed by atoms with Crippen molar-refractivity contribution in [1.82, 2.24) is 5.32 Å². The van der Waals surface area contributed by atoms with Gasteiger partial charge < -0.3 is 16.2 Å². The minimum absolute atomic E-state index is 0.0676. The molecular formula is C13H19F3N2O. The van der Waals surface area contributed by atoms with Crippen LogP contribution in [-0.4, -0.2) is 23.4 Å². The molecule has 1 atom stereocenters. The van der Waals surface area contributed by atoms with Gasteiger partial charge in [0.15, 0.2) is 5.60 Å². The largest absolute Gasteiger partial charge is 0.417 e. The van der Waals surface area contributed by atoms with Crippen LogP contribution in [0.5, 0.6) is 0 Å². The standard InChI is InChI=1S/C13H19F3N2O/c1-2-12(19,13(14,15)16)7-8-18-9-10-5-3-4-6-11(10)17/h3-6,18-19H,2,7-9,17H2,1H3. The first kappa shape index (κ1) is 15.8. The van der Waals surface area contributed by atoms with Gasteiger partial charge in [0.1, 0.15) is 0 Å². The number of benzene rings is 1. The van der Waals surface area contributed by atoms with Crippen molar-refractivity contribution in [1.29, 1.82) is 0 Å². The number of nitrogens with one attached hydrogen (secondary N) is 1. The molecule has 0 aliphatic heterocycles. The monoisotopic (exact) mass is 276 g/mol. The first-order valence-corrected chi connectivity index (χ1v) is 6.13. The third-order valence-electron chi connectivity index (χ3n) is 3.20. The lowest BCUT2D eigenvalue weighted by Crippen LogP contribution is -2.46. The number of anilines is 1. The molecule has 1 aromatic carbocycles. The summed E-state index contributed by atoms with van der Waals surface area (Å²) in [6, 6.07) is 7.14. The second kappa shape index (κ2) is 6.25. The quantitative estimate of drug-likeness (QED) is 0.552. The first-order valence-electron chi connectivity index (χ1n) is 6.13. The molecule has 3 nitrogen and oxygen atoms in total. The molecule has 0 spiro atoms. The lowest BCUT2D eigenvalue weighted by Gasteiger charge is -2.29. The first-order chi connectivity index (χ1) is 8.80. The van der Waals surface area contributed by atoms with Crippen molar-refractivity contribution in [3.8, 4) is 0 Å². The van der Waals surface area contributed by atoms with Crippen LogP contribution in [0.1, 0.15) is 25.3 Å². The Balaban J connectivity index is 2.45. The minimum atomic E-state index is -4.60. The molecule has 108 valence electrons. The Hall–Kier alpha value is -1.27. The molecule has 0 aromatic heterocycles. The molecule has 0 radical (unpaired) electrons. The molecule has 4 N–H and O–H groups in total. The van der Waals surface area contributed by atoms with Crippen LogP contribution in [0.3, 0.4) is 0 Å². The number of rotatable bonds is 6. The molecule has 0 aliphatic rings. The van der Waals surface area contributed by atoms with Gasteiger partial charge in [-0.1, -0.05) is 25.1 Å². The van der Waals surface area contributed by atoms with E-state index < -0.39 is 11.8 Å². The number of nitrogens with two attached hydrogens (primary N) is 1. The van der Waals surface area contributed by atoms with Crippen LogP contribution in [-0.2, 0) is 6.54 Å². The van der Waals surface area contributed by atoms with Crippen LogP contribution in [0, 0.1) is 0 Å². The van der Waals surface area contributed by atoms with Gasteiger partial charge in [-0.2, -0.15) is 13.2 Å².